The Kier molecular flexibility index (Phi) is 6.14. The van der Waals surface area contributed by atoms with Crippen molar-refractivity contribution < 1.29 is 4.52 Å². The lowest BCUT2D eigenvalue weighted by Crippen LogP contribution is -2.46. The second-order valence-corrected chi connectivity index (χ2v) is 7.58. The van der Waals surface area contributed by atoms with Crippen LogP contribution in [0.2, 0.25) is 0 Å². The summed E-state index contributed by atoms with van der Waals surface area (Å²) >= 11 is 0. The second kappa shape index (κ2) is 9.13. The third kappa shape index (κ3) is 5.06. The zero-order valence-corrected chi connectivity index (χ0v) is 16.6. The minimum absolute atomic E-state index is 0.676. The molecule has 0 bridgehead atoms. The summed E-state index contributed by atoms with van der Waals surface area (Å²) in [5.41, 5.74) is 3.67. The molecule has 146 valence electrons. The molecule has 0 amide bonds. The van der Waals surface area contributed by atoms with E-state index in [9.17, 15) is 0 Å². The van der Waals surface area contributed by atoms with Gasteiger partial charge in [0.2, 0.25) is 11.7 Å². The molecule has 0 aliphatic carbocycles. The van der Waals surface area contributed by atoms with Crippen molar-refractivity contribution in [1.29, 1.82) is 0 Å². The van der Waals surface area contributed by atoms with E-state index in [4.69, 9.17) is 4.52 Å². The summed E-state index contributed by atoms with van der Waals surface area (Å²) in [6.07, 6.45) is 2.37. The van der Waals surface area contributed by atoms with Crippen molar-refractivity contribution in [3.8, 4) is 11.4 Å². The predicted molar refractivity (Wildman–Crippen MR) is 111 cm³/mol. The lowest BCUT2D eigenvalue weighted by Gasteiger charge is -2.33. The minimum Gasteiger partial charge on any atom is -0.338 e. The Bertz CT molecular complexity index is 852. The van der Waals surface area contributed by atoms with Crippen LogP contribution in [0.1, 0.15) is 23.4 Å². The van der Waals surface area contributed by atoms with Crippen molar-refractivity contribution in [2.45, 2.75) is 26.3 Å². The van der Waals surface area contributed by atoms with Crippen LogP contribution in [-0.2, 0) is 13.0 Å². The van der Waals surface area contributed by atoms with E-state index in [1.165, 1.54) is 24.1 Å². The monoisotopic (exact) mass is 376 g/mol. The molecule has 0 saturated carbocycles. The van der Waals surface area contributed by atoms with Gasteiger partial charge in [-0.2, -0.15) is 4.98 Å². The third-order valence-electron chi connectivity index (χ3n) is 5.38. The number of aromatic nitrogens is 2. The van der Waals surface area contributed by atoms with E-state index in [2.05, 4.69) is 69.3 Å². The fourth-order valence-corrected chi connectivity index (χ4v) is 3.65. The third-order valence-corrected chi connectivity index (χ3v) is 5.38. The highest BCUT2D eigenvalue weighted by molar-refractivity contribution is 5.54. The molecule has 4 rings (SSSR count). The Morgan fingerprint density at radius 3 is 2.36 bits per heavy atom. The number of hydrogen-bond donors (Lipinski definition) is 0. The van der Waals surface area contributed by atoms with Crippen LogP contribution in [0.15, 0.2) is 59.1 Å². The van der Waals surface area contributed by atoms with Crippen LogP contribution in [-0.4, -0.2) is 52.7 Å². The molecular weight excluding hydrogens is 348 g/mol. The summed E-state index contributed by atoms with van der Waals surface area (Å²) in [7, 11) is 0. The first-order valence-electron chi connectivity index (χ1n) is 10.1. The van der Waals surface area contributed by atoms with Gasteiger partial charge < -0.3 is 9.42 Å². The van der Waals surface area contributed by atoms with Crippen LogP contribution in [0, 0.1) is 6.92 Å². The van der Waals surface area contributed by atoms with Gasteiger partial charge in [0, 0.05) is 31.7 Å². The van der Waals surface area contributed by atoms with E-state index in [1.807, 2.05) is 12.1 Å². The maximum Gasteiger partial charge on any atom is 0.241 e. The molecule has 5 nitrogen and oxygen atoms in total. The van der Waals surface area contributed by atoms with E-state index >= 15 is 0 Å². The largest absolute Gasteiger partial charge is 0.338 e. The fourth-order valence-electron chi connectivity index (χ4n) is 3.65. The van der Waals surface area contributed by atoms with Gasteiger partial charge in [0.15, 0.2) is 0 Å². The Labute approximate surface area is 167 Å². The zero-order chi connectivity index (χ0) is 19.2. The van der Waals surface area contributed by atoms with Crippen LogP contribution in [0.4, 0.5) is 0 Å². The molecule has 1 fully saturated rings. The van der Waals surface area contributed by atoms with Crippen LogP contribution >= 0.6 is 0 Å². The molecule has 3 aromatic rings. The van der Waals surface area contributed by atoms with Gasteiger partial charge in [-0.3, -0.25) is 4.90 Å². The predicted octanol–water partition coefficient (Wildman–Crippen LogP) is 3.80. The van der Waals surface area contributed by atoms with Crippen LogP contribution in [0.5, 0.6) is 0 Å². The molecule has 0 radical (unpaired) electrons. The molecule has 28 heavy (non-hydrogen) atoms. The van der Waals surface area contributed by atoms with Crippen molar-refractivity contribution in [2.24, 2.45) is 0 Å². The van der Waals surface area contributed by atoms with Gasteiger partial charge in [0.05, 0.1) is 6.54 Å². The van der Waals surface area contributed by atoms with E-state index < -0.39 is 0 Å². The smallest absolute Gasteiger partial charge is 0.241 e. The fraction of sp³-hybridized carbons (Fsp3) is 0.391. The van der Waals surface area contributed by atoms with Gasteiger partial charge in [-0.15, -0.1) is 0 Å². The first-order chi connectivity index (χ1) is 13.8. The molecule has 2 heterocycles. The number of aryl methyl sites for hydroxylation is 2. The number of hydrogen-bond acceptors (Lipinski definition) is 5. The lowest BCUT2D eigenvalue weighted by atomic mass is 10.1. The summed E-state index contributed by atoms with van der Waals surface area (Å²) in [5, 5.41) is 4.14. The summed E-state index contributed by atoms with van der Waals surface area (Å²) in [6, 6.07) is 19.0. The van der Waals surface area contributed by atoms with Gasteiger partial charge in [0.25, 0.3) is 0 Å². The van der Waals surface area contributed by atoms with E-state index in [0.29, 0.717) is 11.7 Å². The van der Waals surface area contributed by atoms with Gasteiger partial charge in [-0.25, -0.2) is 0 Å². The summed E-state index contributed by atoms with van der Waals surface area (Å²) < 4.78 is 5.48. The Morgan fingerprint density at radius 2 is 1.61 bits per heavy atom. The van der Waals surface area contributed by atoms with Gasteiger partial charge in [0.1, 0.15) is 0 Å². The molecule has 0 unspecified atom stereocenters. The number of nitrogens with zero attached hydrogens (tertiary/aromatic N) is 4. The Balaban J connectivity index is 1.21. The molecule has 1 saturated heterocycles. The highest BCUT2D eigenvalue weighted by atomic mass is 16.5. The molecule has 1 aliphatic heterocycles. The molecule has 1 aromatic heterocycles. The molecule has 0 spiro atoms. The van der Waals surface area contributed by atoms with Crippen LogP contribution in [0.25, 0.3) is 11.4 Å². The zero-order valence-electron chi connectivity index (χ0n) is 16.6. The maximum atomic E-state index is 5.48. The lowest BCUT2D eigenvalue weighted by molar-refractivity contribution is 0.116. The first kappa shape index (κ1) is 18.8. The highest BCUT2D eigenvalue weighted by Crippen LogP contribution is 2.17. The first-order valence-corrected chi connectivity index (χ1v) is 10.1. The Morgan fingerprint density at radius 1 is 0.893 bits per heavy atom. The van der Waals surface area contributed by atoms with Crippen molar-refractivity contribution in [1.82, 2.24) is 19.9 Å². The number of benzene rings is 2. The molecule has 1 aliphatic rings. The SMILES string of the molecule is Cc1ccc(-c2noc(CN3CCN(CCCc4ccccc4)CC3)n2)cc1. The van der Waals surface area contributed by atoms with Gasteiger partial charge >= 0.3 is 0 Å². The summed E-state index contributed by atoms with van der Waals surface area (Å²) in [4.78, 5) is 9.54. The van der Waals surface area contributed by atoms with Crippen LogP contribution < -0.4 is 0 Å². The van der Waals surface area contributed by atoms with Gasteiger partial charge in [-0.1, -0.05) is 65.3 Å². The highest BCUT2D eigenvalue weighted by Gasteiger charge is 2.19. The minimum atomic E-state index is 0.676. The van der Waals surface area contributed by atoms with Gasteiger partial charge in [-0.05, 0) is 31.9 Å². The van der Waals surface area contributed by atoms with Crippen molar-refractivity contribution in [2.75, 3.05) is 32.7 Å². The van der Waals surface area contributed by atoms with E-state index in [1.54, 1.807) is 0 Å². The molecular formula is C23H28N4O. The number of rotatable bonds is 7. The second-order valence-electron chi connectivity index (χ2n) is 7.58. The van der Waals surface area contributed by atoms with Crippen molar-refractivity contribution >= 4 is 0 Å². The van der Waals surface area contributed by atoms with E-state index in [-0.39, 0.29) is 0 Å². The number of piperazine rings is 1. The van der Waals surface area contributed by atoms with Crippen molar-refractivity contribution in [3.63, 3.8) is 0 Å². The van der Waals surface area contributed by atoms with Crippen molar-refractivity contribution in [3.05, 3.63) is 71.6 Å². The standard InChI is InChI=1S/C23H28N4O/c1-19-9-11-21(12-10-19)23-24-22(28-25-23)18-27-16-14-26(15-17-27)13-5-8-20-6-3-2-4-7-20/h2-4,6-7,9-12H,5,8,13-18H2,1H3. The van der Waals surface area contributed by atoms with Crippen LogP contribution in [0.3, 0.4) is 0 Å². The van der Waals surface area contributed by atoms with E-state index in [0.717, 1.165) is 44.7 Å². The molecule has 0 N–H and O–H groups in total. The molecule has 2 aromatic carbocycles. The molecule has 0 atom stereocenters. The maximum absolute atomic E-state index is 5.48. The average Bonchev–Trinajstić information content (AvgIpc) is 3.19. The average molecular weight is 377 g/mol. The normalized spacial score (nSPS) is 15.8. The quantitative estimate of drug-likeness (QED) is 0.628. The summed E-state index contributed by atoms with van der Waals surface area (Å²) in [6.45, 7) is 8.28. The molecule has 5 heteroatoms. The Hall–Kier alpha value is -2.50. The topological polar surface area (TPSA) is 45.4 Å². The summed E-state index contributed by atoms with van der Waals surface area (Å²) in [5.74, 6) is 1.38.